The smallest absolute Gasteiger partial charge is 0.284 e. The molecule has 0 heterocycles. The van der Waals surface area contributed by atoms with Gasteiger partial charge in [-0.25, -0.2) is 17.6 Å². The SMILES string of the molecule is CC(C)OC(C)(C)CCCCN(F)C(=O)c1cc(F)c(F)c(F)c1F.CO[SiH3]. The molecular formula is C18H28F5NO3Si. The van der Waals surface area contributed by atoms with Gasteiger partial charge in [-0.2, -0.15) is 5.12 Å². The van der Waals surface area contributed by atoms with E-state index in [2.05, 4.69) is 4.43 Å². The highest BCUT2D eigenvalue weighted by atomic mass is 28.2. The summed E-state index contributed by atoms with van der Waals surface area (Å²) in [7, 11) is 2.56. The van der Waals surface area contributed by atoms with Crippen molar-refractivity contribution in [3.8, 4) is 0 Å². The number of amides is 1. The first-order valence-electron chi connectivity index (χ1n) is 8.76. The van der Waals surface area contributed by atoms with Crippen LogP contribution in [0.4, 0.5) is 22.0 Å². The van der Waals surface area contributed by atoms with E-state index < -0.39 is 46.9 Å². The van der Waals surface area contributed by atoms with Gasteiger partial charge in [0.1, 0.15) is 10.5 Å². The Bertz CT molecular complexity index is 644. The fourth-order valence-corrected chi connectivity index (χ4v) is 2.46. The summed E-state index contributed by atoms with van der Waals surface area (Å²) in [6, 6.07) is 0.141. The lowest BCUT2D eigenvalue weighted by atomic mass is 10.0. The van der Waals surface area contributed by atoms with Crippen molar-refractivity contribution in [1.82, 2.24) is 5.12 Å². The maximum Gasteiger partial charge on any atom is 0.284 e. The van der Waals surface area contributed by atoms with E-state index in [1.54, 1.807) is 7.11 Å². The minimum Gasteiger partial charge on any atom is -0.431 e. The first-order valence-corrected chi connectivity index (χ1v) is 9.58. The van der Waals surface area contributed by atoms with Crippen LogP contribution in [0, 0.1) is 23.3 Å². The third kappa shape index (κ3) is 8.66. The fourth-order valence-electron chi connectivity index (χ4n) is 2.46. The Morgan fingerprint density at radius 2 is 1.68 bits per heavy atom. The number of hydrogen-bond donors (Lipinski definition) is 0. The number of halogens is 5. The first kappa shape index (κ1) is 26.5. The van der Waals surface area contributed by atoms with E-state index >= 15 is 0 Å². The minimum atomic E-state index is -2.15. The van der Waals surface area contributed by atoms with Gasteiger partial charge in [0.2, 0.25) is 0 Å². The van der Waals surface area contributed by atoms with Crippen LogP contribution in [0.25, 0.3) is 0 Å². The standard InChI is InChI=1S/C17H22F5NO2.CH6OSi/c1-10(2)25-17(3,4)7-5-6-8-23(22)16(24)11-9-12(18)14(20)15(21)13(11)19;1-2-3/h9-10H,5-8H2,1-4H3;1,3H3. The van der Waals surface area contributed by atoms with Crippen molar-refractivity contribution in [2.45, 2.75) is 58.7 Å². The topological polar surface area (TPSA) is 38.8 Å². The van der Waals surface area contributed by atoms with Gasteiger partial charge in [0.15, 0.2) is 23.3 Å². The molecule has 1 amide bonds. The Morgan fingerprint density at radius 1 is 1.14 bits per heavy atom. The second kappa shape index (κ2) is 12.1. The van der Waals surface area contributed by atoms with Crippen molar-refractivity contribution in [1.29, 1.82) is 0 Å². The Kier molecular flexibility index (Phi) is 11.5. The normalized spacial score (nSPS) is 11.4. The molecule has 1 aromatic carbocycles. The Balaban J connectivity index is 0.00000227. The molecule has 0 radical (unpaired) electrons. The van der Waals surface area contributed by atoms with Crippen molar-refractivity contribution < 1.29 is 36.0 Å². The zero-order chi connectivity index (χ0) is 22.1. The number of carbonyl (C=O) groups excluding carboxylic acids is 1. The Labute approximate surface area is 165 Å². The molecule has 0 fully saturated rings. The highest BCUT2D eigenvalue weighted by Crippen LogP contribution is 2.22. The fraction of sp³-hybridized carbons (Fsp3) is 0.611. The van der Waals surface area contributed by atoms with Gasteiger partial charge >= 0.3 is 0 Å². The number of ether oxygens (including phenoxy) is 1. The van der Waals surface area contributed by atoms with Gasteiger partial charge in [-0.3, -0.25) is 4.79 Å². The number of nitrogens with zero attached hydrogens (tertiary/aromatic N) is 1. The molecule has 4 nitrogen and oxygen atoms in total. The van der Waals surface area contributed by atoms with Gasteiger partial charge in [-0.1, -0.05) is 4.48 Å². The summed E-state index contributed by atoms with van der Waals surface area (Å²) in [5.74, 6) is -9.44. The predicted molar refractivity (Wildman–Crippen MR) is 99.5 cm³/mol. The largest absolute Gasteiger partial charge is 0.431 e. The van der Waals surface area contributed by atoms with Crippen LogP contribution < -0.4 is 0 Å². The molecule has 28 heavy (non-hydrogen) atoms. The third-order valence-electron chi connectivity index (χ3n) is 3.49. The van der Waals surface area contributed by atoms with Crippen LogP contribution >= 0.6 is 0 Å². The van der Waals surface area contributed by atoms with Crippen LogP contribution in [0.15, 0.2) is 6.07 Å². The maximum atomic E-state index is 13.8. The van der Waals surface area contributed by atoms with Crippen molar-refractivity contribution in [2.24, 2.45) is 0 Å². The summed E-state index contributed by atoms with van der Waals surface area (Å²) >= 11 is 0. The highest BCUT2D eigenvalue weighted by molar-refractivity contribution is 5.97. The molecule has 0 saturated carbocycles. The molecule has 0 saturated heterocycles. The quantitative estimate of drug-likeness (QED) is 0.157. The van der Waals surface area contributed by atoms with E-state index in [4.69, 9.17) is 4.74 Å². The minimum absolute atomic E-state index is 0.0282. The van der Waals surface area contributed by atoms with Gasteiger partial charge in [0, 0.05) is 7.11 Å². The lowest BCUT2D eigenvalue weighted by Crippen LogP contribution is -2.29. The van der Waals surface area contributed by atoms with Crippen LogP contribution in [-0.4, -0.2) is 46.9 Å². The number of benzene rings is 1. The molecular weight excluding hydrogens is 401 g/mol. The molecule has 0 aromatic heterocycles. The van der Waals surface area contributed by atoms with Crippen LogP contribution in [0.2, 0.25) is 0 Å². The monoisotopic (exact) mass is 429 g/mol. The van der Waals surface area contributed by atoms with E-state index in [0.29, 0.717) is 12.8 Å². The lowest BCUT2D eigenvalue weighted by Gasteiger charge is -2.28. The number of rotatable bonds is 8. The van der Waals surface area contributed by atoms with E-state index in [-0.39, 0.29) is 23.7 Å². The van der Waals surface area contributed by atoms with Crippen molar-refractivity contribution in [3.05, 3.63) is 34.9 Å². The molecule has 0 atom stereocenters. The molecule has 0 spiro atoms. The van der Waals surface area contributed by atoms with Crippen LogP contribution in [0.1, 0.15) is 57.3 Å². The zero-order valence-corrected chi connectivity index (χ0v) is 19.0. The van der Waals surface area contributed by atoms with E-state index in [0.717, 1.165) is 10.5 Å². The van der Waals surface area contributed by atoms with Gasteiger partial charge in [0.05, 0.1) is 23.8 Å². The lowest BCUT2D eigenvalue weighted by molar-refractivity contribution is -0.0621. The molecule has 1 aromatic rings. The number of unbranched alkanes of at least 4 members (excludes halogenated alkanes) is 1. The maximum absolute atomic E-state index is 13.8. The Hall–Kier alpha value is -1.52. The van der Waals surface area contributed by atoms with Gasteiger partial charge in [-0.05, 0) is 53.0 Å². The molecule has 1 rings (SSSR count). The number of carbonyl (C=O) groups is 1. The second-order valence-corrected chi connectivity index (χ2v) is 7.85. The summed E-state index contributed by atoms with van der Waals surface area (Å²) in [6.45, 7) is 7.14. The third-order valence-corrected chi connectivity index (χ3v) is 3.49. The summed E-state index contributed by atoms with van der Waals surface area (Å²) in [5, 5.41) is -0.342. The molecule has 0 N–H and O–H groups in total. The van der Waals surface area contributed by atoms with Crippen molar-refractivity contribution in [2.75, 3.05) is 13.7 Å². The Morgan fingerprint density at radius 3 is 2.18 bits per heavy atom. The highest BCUT2D eigenvalue weighted by Gasteiger charge is 2.26. The summed E-state index contributed by atoms with van der Waals surface area (Å²) in [6.07, 6.45) is 1.38. The summed E-state index contributed by atoms with van der Waals surface area (Å²) in [5.41, 5.74) is -1.61. The van der Waals surface area contributed by atoms with E-state index in [1.165, 1.54) is 0 Å². The van der Waals surface area contributed by atoms with Crippen LogP contribution in [0.5, 0.6) is 0 Å². The average molecular weight is 430 g/mol. The second-order valence-electron chi connectivity index (χ2n) is 7.03. The molecule has 162 valence electrons. The average Bonchev–Trinajstić information content (AvgIpc) is 2.58. The molecule has 0 aliphatic carbocycles. The van der Waals surface area contributed by atoms with Crippen molar-refractivity contribution in [3.63, 3.8) is 0 Å². The molecule has 0 unspecified atom stereocenters. The van der Waals surface area contributed by atoms with Crippen LogP contribution in [0.3, 0.4) is 0 Å². The number of hydrogen-bond acceptors (Lipinski definition) is 3. The summed E-state index contributed by atoms with van der Waals surface area (Å²) in [4.78, 5) is 11.7. The zero-order valence-electron chi connectivity index (χ0n) is 17.0. The molecule has 10 heteroatoms. The van der Waals surface area contributed by atoms with Gasteiger partial charge in [0.25, 0.3) is 5.91 Å². The van der Waals surface area contributed by atoms with E-state index in [1.807, 2.05) is 27.7 Å². The van der Waals surface area contributed by atoms with Crippen molar-refractivity contribution >= 4 is 16.4 Å². The first-order chi connectivity index (χ1) is 12.9. The van der Waals surface area contributed by atoms with Gasteiger partial charge < -0.3 is 9.16 Å². The molecule has 0 aliphatic rings. The predicted octanol–water partition coefficient (Wildman–Crippen LogP) is 3.86. The molecule has 0 bridgehead atoms. The molecule has 0 aliphatic heterocycles. The van der Waals surface area contributed by atoms with Crippen LogP contribution in [-0.2, 0) is 9.16 Å². The van der Waals surface area contributed by atoms with Gasteiger partial charge in [-0.15, -0.1) is 0 Å². The van der Waals surface area contributed by atoms with E-state index in [9.17, 15) is 26.8 Å². The summed E-state index contributed by atoms with van der Waals surface area (Å²) < 4.78 is 76.5.